The van der Waals surface area contributed by atoms with Crippen LogP contribution in [0.2, 0.25) is 0 Å². The molecule has 4 rings (SSSR count). The Labute approximate surface area is 162 Å². The van der Waals surface area contributed by atoms with Crippen LogP contribution in [-0.4, -0.2) is 58.7 Å². The van der Waals surface area contributed by atoms with Crippen molar-refractivity contribution in [3.8, 4) is 5.88 Å². The normalized spacial score (nSPS) is 14.3. The van der Waals surface area contributed by atoms with Crippen molar-refractivity contribution < 1.29 is 9.53 Å². The van der Waals surface area contributed by atoms with Crippen molar-refractivity contribution in [2.45, 2.75) is 6.92 Å². The van der Waals surface area contributed by atoms with Gasteiger partial charge in [-0.1, -0.05) is 0 Å². The molecular weight excluding hydrogens is 358 g/mol. The van der Waals surface area contributed by atoms with Crippen molar-refractivity contribution in [1.82, 2.24) is 25.3 Å². The van der Waals surface area contributed by atoms with Crippen LogP contribution in [0, 0.1) is 0 Å². The van der Waals surface area contributed by atoms with E-state index >= 15 is 0 Å². The number of nitrogens with zero attached hydrogens (tertiary/aromatic N) is 5. The molecule has 1 aliphatic heterocycles. The SMILES string of the molecule is CCOc1c2cc(C(=O)Nc3ccc(N4CCNCC4)nn3)ccc2nn1C. The van der Waals surface area contributed by atoms with Crippen LogP contribution in [0.25, 0.3) is 10.9 Å². The Balaban J connectivity index is 1.50. The van der Waals surface area contributed by atoms with E-state index < -0.39 is 0 Å². The highest BCUT2D eigenvalue weighted by Gasteiger charge is 2.15. The average Bonchev–Trinajstić information content (AvgIpc) is 3.04. The number of hydrogen-bond acceptors (Lipinski definition) is 7. The van der Waals surface area contributed by atoms with E-state index in [0.717, 1.165) is 42.9 Å². The fourth-order valence-corrected chi connectivity index (χ4v) is 3.27. The van der Waals surface area contributed by atoms with Gasteiger partial charge in [-0.25, -0.2) is 4.68 Å². The topological polar surface area (TPSA) is 97.2 Å². The minimum Gasteiger partial charge on any atom is -0.478 e. The van der Waals surface area contributed by atoms with Gasteiger partial charge in [0.05, 0.1) is 17.5 Å². The summed E-state index contributed by atoms with van der Waals surface area (Å²) in [5.74, 6) is 1.63. The molecule has 1 amide bonds. The molecule has 28 heavy (non-hydrogen) atoms. The van der Waals surface area contributed by atoms with Crippen molar-refractivity contribution >= 4 is 28.4 Å². The number of piperazine rings is 1. The quantitative estimate of drug-likeness (QED) is 0.690. The van der Waals surface area contributed by atoms with Crippen molar-refractivity contribution in [1.29, 1.82) is 0 Å². The second-order valence-corrected chi connectivity index (χ2v) is 6.56. The summed E-state index contributed by atoms with van der Waals surface area (Å²) in [6.07, 6.45) is 0. The maximum absolute atomic E-state index is 12.7. The van der Waals surface area contributed by atoms with Crippen LogP contribution < -0.4 is 20.3 Å². The molecule has 3 aromatic rings. The standard InChI is InChI=1S/C19H23N7O2/c1-3-28-19-14-12-13(4-5-15(14)24-25(19)2)18(27)21-16-6-7-17(23-22-16)26-10-8-20-9-11-26/h4-7,12,20H,3,8-11H2,1-2H3,(H,21,22,27). The number of anilines is 2. The predicted octanol–water partition coefficient (Wildman–Crippen LogP) is 1.42. The van der Waals surface area contributed by atoms with Crippen LogP contribution in [0.1, 0.15) is 17.3 Å². The Kier molecular flexibility index (Phi) is 5.07. The Bertz CT molecular complexity index is 978. The Morgan fingerprint density at radius 1 is 1.21 bits per heavy atom. The highest BCUT2D eigenvalue weighted by molar-refractivity contribution is 6.06. The first-order valence-corrected chi connectivity index (χ1v) is 9.36. The van der Waals surface area contributed by atoms with E-state index in [1.807, 2.05) is 26.1 Å². The predicted molar refractivity (Wildman–Crippen MR) is 107 cm³/mol. The van der Waals surface area contributed by atoms with E-state index in [1.54, 1.807) is 22.9 Å². The monoisotopic (exact) mass is 381 g/mol. The minimum absolute atomic E-state index is 0.252. The number of rotatable bonds is 5. The van der Waals surface area contributed by atoms with Crippen LogP contribution in [0.15, 0.2) is 30.3 Å². The van der Waals surface area contributed by atoms with Crippen molar-refractivity contribution in [2.24, 2.45) is 7.05 Å². The fourth-order valence-electron chi connectivity index (χ4n) is 3.27. The lowest BCUT2D eigenvalue weighted by Crippen LogP contribution is -2.43. The number of hydrogen-bond donors (Lipinski definition) is 2. The molecule has 0 saturated carbocycles. The van der Waals surface area contributed by atoms with Crippen LogP contribution >= 0.6 is 0 Å². The third-order valence-electron chi connectivity index (χ3n) is 4.65. The van der Waals surface area contributed by atoms with Crippen molar-refractivity contribution in [3.05, 3.63) is 35.9 Å². The van der Waals surface area contributed by atoms with E-state index in [0.29, 0.717) is 23.9 Å². The van der Waals surface area contributed by atoms with Gasteiger partial charge < -0.3 is 20.3 Å². The van der Waals surface area contributed by atoms with Crippen molar-refractivity contribution in [3.63, 3.8) is 0 Å². The summed E-state index contributed by atoms with van der Waals surface area (Å²) in [6, 6.07) is 8.99. The first-order valence-electron chi connectivity index (χ1n) is 9.36. The second-order valence-electron chi connectivity index (χ2n) is 6.56. The van der Waals surface area contributed by atoms with Gasteiger partial charge in [0, 0.05) is 38.8 Å². The number of aryl methyl sites for hydroxylation is 1. The first-order chi connectivity index (χ1) is 13.7. The number of fused-ring (bicyclic) bond motifs is 1. The Morgan fingerprint density at radius 3 is 2.75 bits per heavy atom. The highest BCUT2D eigenvalue weighted by Crippen LogP contribution is 2.26. The lowest BCUT2D eigenvalue weighted by molar-refractivity contribution is 0.102. The molecule has 0 atom stereocenters. The number of amides is 1. The van der Waals surface area contributed by atoms with Gasteiger partial charge in [-0.05, 0) is 37.3 Å². The van der Waals surface area contributed by atoms with E-state index in [9.17, 15) is 4.79 Å². The van der Waals surface area contributed by atoms with Crippen LogP contribution in [0.3, 0.4) is 0 Å². The largest absolute Gasteiger partial charge is 0.478 e. The average molecular weight is 381 g/mol. The van der Waals surface area contributed by atoms with Gasteiger partial charge in [0.2, 0.25) is 5.88 Å². The first kappa shape index (κ1) is 18.2. The molecule has 1 aromatic carbocycles. The number of aromatic nitrogens is 4. The van der Waals surface area contributed by atoms with Gasteiger partial charge in [0.25, 0.3) is 5.91 Å². The molecule has 146 valence electrons. The molecule has 0 radical (unpaired) electrons. The molecule has 1 saturated heterocycles. The summed E-state index contributed by atoms with van der Waals surface area (Å²) < 4.78 is 7.33. The number of ether oxygens (including phenoxy) is 1. The molecule has 9 heteroatoms. The van der Waals surface area contributed by atoms with Crippen LogP contribution in [0.4, 0.5) is 11.6 Å². The Hall–Kier alpha value is -3.20. The van der Waals surface area contributed by atoms with Gasteiger partial charge in [-0.3, -0.25) is 4.79 Å². The third-order valence-corrected chi connectivity index (χ3v) is 4.65. The van der Waals surface area contributed by atoms with Crippen molar-refractivity contribution in [2.75, 3.05) is 43.0 Å². The molecule has 1 aliphatic rings. The Morgan fingerprint density at radius 2 is 2.04 bits per heavy atom. The van der Waals surface area contributed by atoms with Gasteiger partial charge in [0.15, 0.2) is 11.6 Å². The van der Waals surface area contributed by atoms with E-state index in [1.165, 1.54) is 0 Å². The van der Waals surface area contributed by atoms with Gasteiger partial charge in [-0.2, -0.15) is 5.10 Å². The van der Waals surface area contributed by atoms with E-state index in [4.69, 9.17) is 4.74 Å². The van der Waals surface area contributed by atoms with Crippen LogP contribution in [-0.2, 0) is 7.05 Å². The lowest BCUT2D eigenvalue weighted by Gasteiger charge is -2.27. The minimum atomic E-state index is -0.252. The summed E-state index contributed by atoms with van der Waals surface area (Å²) in [5.41, 5.74) is 1.29. The second kappa shape index (κ2) is 7.81. The lowest BCUT2D eigenvalue weighted by atomic mass is 10.1. The summed E-state index contributed by atoms with van der Waals surface area (Å²) >= 11 is 0. The molecule has 3 heterocycles. The number of benzene rings is 1. The molecule has 0 bridgehead atoms. The number of carbonyl (C=O) groups is 1. The molecule has 9 nitrogen and oxygen atoms in total. The fraction of sp³-hybridized carbons (Fsp3) is 0.368. The van der Waals surface area contributed by atoms with E-state index in [2.05, 4.69) is 30.8 Å². The maximum atomic E-state index is 12.7. The molecule has 0 aliphatic carbocycles. The highest BCUT2D eigenvalue weighted by atomic mass is 16.5. The summed E-state index contributed by atoms with van der Waals surface area (Å²) in [5, 5.41) is 19.7. The molecule has 0 spiro atoms. The third kappa shape index (κ3) is 3.61. The molecule has 0 unspecified atom stereocenters. The molecule has 1 fully saturated rings. The van der Waals surface area contributed by atoms with Gasteiger partial charge in [-0.15, -0.1) is 10.2 Å². The molecule has 2 aromatic heterocycles. The summed E-state index contributed by atoms with van der Waals surface area (Å²) in [7, 11) is 1.82. The zero-order chi connectivity index (χ0) is 19.5. The van der Waals surface area contributed by atoms with E-state index in [-0.39, 0.29) is 5.91 Å². The maximum Gasteiger partial charge on any atom is 0.256 e. The number of nitrogens with one attached hydrogen (secondary N) is 2. The zero-order valence-corrected chi connectivity index (χ0v) is 16.0. The van der Waals surface area contributed by atoms with Gasteiger partial charge >= 0.3 is 0 Å². The van der Waals surface area contributed by atoms with Crippen LogP contribution in [0.5, 0.6) is 5.88 Å². The number of carbonyl (C=O) groups excluding carboxylic acids is 1. The summed E-state index contributed by atoms with van der Waals surface area (Å²) in [6.45, 7) is 6.10. The molecular formula is C19H23N7O2. The smallest absolute Gasteiger partial charge is 0.256 e. The van der Waals surface area contributed by atoms with Gasteiger partial charge in [0.1, 0.15) is 0 Å². The summed E-state index contributed by atoms with van der Waals surface area (Å²) in [4.78, 5) is 14.8. The zero-order valence-electron chi connectivity index (χ0n) is 16.0. The molecule has 2 N–H and O–H groups in total.